The van der Waals surface area contributed by atoms with E-state index in [1.807, 2.05) is 61.5 Å². The molecule has 6 nitrogen and oxygen atoms in total. The predicted octanol–water partition coefficient (Wildman–Crippen LogP) is 7.51. The van der Waals surface area contributed by atoms with Gasteiger partial charge < -0.3 is 15.4 Å². The van der Waals surface area contributed by atoms with E-state index in [0.717, 1.165) is 16.9 Å². The number of rotatable bonds is 11. The van der Waals surface area contributed by atoms with Gasteiger partial charge in [0.15, 0.2) is 5.78 Å². The Morgan fingerprint density at radius 3 is 2.02 bits per heavy atom. The molecule has 0 aliphatic heterocycles. The van der Waals surface area contributed by atoms with Gasteiger partial charge in [-0.05, 0) is 90.2 Å². The zero-order chi connectivity index (χ0) is 29.9. The van der Waals surface area contributed by atoms with Crippen molar-refractivity contribution in [2.24, 2.45) is 0 Å². The van der Waals surface area contributed by atoms with Gasteiger partial charge in [-0.2, -0.15) is 0 Å². The summed E-state index contributed by atoms with van der Waals surface area (Å²) in [4.78, 5) is 38.9. The van der Waals surface area contributed by atoms with Crippen LogP contribution in [0, 0.1) is 0 Å². The van der Waals surface area contributed by atoms with Crippen molar-refractivity contribution in [3.63, 3.8) is 0 Å². The molecule has 0 bridgehead atoms. The van der Waals surface area contributed by atoms with Crippen molar-refractivity contribution < 1.29 is 19.1 Å². The monoisotopic (exact) mass is 558 g/mol. The standard InChI is InChI=1S/C36H34N2O4/c1-4-42-32-21-12-26(13-22-32)14-23-34(39)29-17-19-31(20-18-29)37-36(41)33(38-35(40)30-8-6-5-7-9-30)24-27-10-15-28(16-11-27)25(2)3/h5-25H,4H2,1-3H3,(H,37,41)(H,38,40)/b23-14+,33-24-. The van der Waals surface area contributed by atoms with E-state index in [2.05, 4.69) is 24.5 Å². The summed E-state index contributed by atoms with van der Waals surface area (Å²) in [6.07, 6.45) is 4.89. The minimum absolute atomic E-state index is 0.0968. The molecule has 0 aliphatic carbocycles. The molecule has 0 unspecified atom stereocenters. The molecule has 0 saturated carbocycles. The fourth-order valence-electron chi connectivity index (χ4n) is 4.11. The molecule has 4 aromatic carbocycles. The Bertz CT molecular complexity index is 1570. The molecule has 212 valence electrons. The largest absolute Gasteiger partial charge is 0.494 e. The average molecular weight is 559 g/mol. The number of hydrogen-bond acceptors (Lipinski definition) is 4. The number of hydrogen-bond donors (Lipinski definition) is 2. The highest BCUT2D eigenvalue weighted by Crippen LogP contribution is 2.18. The number of carbonyl (C=O) groups excluding carboxylic acids is 3. The van der Waals surface area contributed by atoms with E-state index in [4.69, 9.17) is 4.74 Å². The predicted molar refractivity (Wildman–Crippen MR) is 168 cm³/mol. The highest BCUT2D eigenvalue weighted by molar-refractivity contribution is 6.11. The maximum atomic E-state index is 13.3. The lowest BCUT2D eigenvalue weighted by Crippen LogP contribution is -2.30. The molecule has 2 amide bonds. The number of benzene rings is 4. The average Bonchev–Trinajstić information content (AvgIpc) is 3.01. The number of anilines is 1. The van der Waals surface area contributed by atoms with E-state index in [1.165, 1.54) is 11.6 Å². The van der Waals surface area contributed by atoms with Crippen LogP contribution in [0.2, 0.25) is 0 Å². The highest BCUT2D eigenvalue weighted by Gasteiger charge is 2.15. The summed E-state index contributed by atoms with van der Waals surface area (Å²) in [6, 6.07) is 30.6. The molecule has 0 atom stereocenters. The van der Waals surface area contributed by atoms with Gasteiger partial charge in [-0.1, -0.05) is 74.5 Å². The van der Waals surface area contributed by atoms with Crippen LogP contribution in [0.25, 0.3) is 12.2 Å². The Hall–Kier alpha value is -5.23. The molecule has 0 aliphatic rings. The van der Waals surface area contributed by atoms with Gasteiger partial charge in [0, 0.05) is 16.8 Å². The van der Waals surface area contributed by atoms with Crippen LogP contribution in [0.5, 0.6) is 5.75 Å². The summed E-state index contributed by atoms with van der Waals surface area (Å²) in [5, 5.41) is 5.58. The zero-order valence-corrected chi connectivity index (χ0v) is 24.0. The van der Waals surface area contributed by atoms with Crippen molar-refractivity contribution in [1.29, 1.82) is 0 Å². The summed E-state index contributed by atoms with van der Waals surface area (Å²) < 4.78 is 5.44. The third-order valence-electron chi connectivity index (χ3n) is 6.49. The summed E-state index contributed by atoms with van der Waals surface area (Å²) in [5.41, 5.74) is 4.34. The fraction of sp³-hybridized carbons (Fsp3) is 0.139. The number of ether oxygens (including phenoxy) is 1. The molecular formula is C36H34N2O4. The van der Waals surface area contributed by atoms with Crippen LogP contribution in [0.15, 0.2) is 115 Å². The molecule has 0 radical (unpaired) electrons. The summed E-state index contributed by atoms with van der Waals surface area (Å²) in [7, 11) is 0. The molecule has 0 fully saturated rings. The number of allylic oxidation sites excluding steroid dienone is 1. The van der Waals surface area contributed by atoms with Crippen LogP contribution in [0.3, 0.4) is 0 Å². The van der Waals surface area contributed by atoms with E-state index < -0.39 is 11.8 Å². The zero-order valence-electron chi connectivity index (χ0n) is 24.0. The molecule has 2 N–H and O–H groups in total. The molecular weight excluding hydrogens is 524 g/mol. The highest BCUT2D eigenvalue weighted by atomic mass is 16.5. The molecule has 0 saturated heterocycles. The number of amides is 2. The van der Waals surface area contributed by atoms with Gasteiger partial charge in [0.05, 0.1) is 6.61 Å². The first-order valence-electron chi connectivity index (χ1n) is 13.9. The van der Waals surface area contributed by atoms with E-state index in [9.17, 15) is 14.4 Å². The van der Waals surface area contributed by atoms with Gasteiger partial charge in [-0.3, -0.25) is 14.4 Å². The van der Waals surface area contributed by atoms with Crippen LogP contribution < -0.4 is 15.4 Å². The van der Waals surface area contributed by atoms with Gasteiger partial charge in [-0.25, -0.2) is 0 Å². The maximum absolute atomic E-state index is 13.3. The Labute approximate surface area is 246 Å². The van der Waals surface area contributed by atoms with Crippen LogP contribution in [-0.4, -0.2) is 24.2 Å². The second kappa shape index (κ2) is 14.4. The Balaban J connectivity index is 1.47. The van der Waals surface area contributed by atoms with Gasteiger partial charge in [0.2, 0.25) is 0 Å². The van der Waals surface area contributed by atoms with Gasteiger partial charge >= 0.3 is 0 Å². The van der Waals surface area contributed by atoms with Crippen LogP contribution in [0.4, 0.5) is 5.69 Å². The van der Waals surface area contributed by atoms with Crippen molar-refractivity contribution in [3.8, 4) is 5.75 Å². The lowest BCUT2D eigenvalue weighted by atomic mass is 10.0. The van der Waals surface area contributed by atoms with Crippen molar-refractivity contribution in [2.45, 2.75) is 26.7 Å². The van der Waals surface area contributed by atoms with Crippen molar-refractivity contribution >= 4 is 35.4 Å². The maximum Gasteiger partial charge on any atom is 0.272 e. The molecule has 4 rings (SSSR count). The third-order valence-corrected chi connectivity index (χ3v) is 6.49. The molecule has 0 aromatic heterocycles. The van der Waals surface area contributed by atoms with Gasteiger partial charge in [-0.15, -0.1) is 0 Å². The first kappa shape index (κ1) is 29.7. The van der Waals surface area contributed by atoms with Gasteiger partial charge in [0.25, 0.3) is 11.8 Å². The first-order valence-corrected chi connectivity index (χ1v) is 13.9. The van der Waals surface area contributed by atoms with Crippen molar-refractivity contribution in [3.05, 3.63) is 143 Å². The minimum atomic E-state index is -0.485. The molecule has 0 spiro atoms. The van der Waals surface area contributed by atoms with E-state index in [1.54, 1.807) is 60.7 Å². The quantitative estimate of drug-likeness (QED) is 0.147. The molecule has 42 heavy (non-hydrogen) atoms. The Morgan fingerprint density at radius 2 is 1.40 bits per heavy atom. The number of nitrogens with one attached hydrogen (secondary N) is 2. The van der Waals surface area contributed by atoms with Crippen LogP contribution in [-0.2, 0) is 4.79 Å². The van der Waals surface area contributed by atoms with Crippen molar-refractivity contribution in [1.82, 2.24) is 5.32 Å². The topological polar surface area (TPSA) is 84.5 Å². The third kappa shape index (κ3) is 8.38. The van der Waals surface area contributed by atoms with Crippen molar-refractivity contribution in [2.75, 3.05) is 11.9 Å². The van der Waals surface area contributed by atoms with Gasteiger partial charge in [0.1, 0.15) is 11.4 Å². The summed E-state index contributed by atoms with van der Waals surface area (Å²) in [6.45, 7) is 6.74. The van der Waals surface area contributed by atoms with E-state index in [0.29, 0.717) is 29.3 Å². The molecule has 4 aromatic rings. The van der Waals surface area contributed by atoms with E-state index >= 15 is 0 Å². The first-order chi connectivity index (χ1) is 20.3. The van der Waals surface area contributed by atoms with Crippen LogP contribution in [0.1, 0.15) is 64.1 Å². The Morgan fingerprint density at radius 1 is 0.762 bits per heavy atom. The SMILES string of the molecule is CCOc1ccc(/C=C/C(=O)c2ccc(NC(=O)/C(=C/c3ccc(C(C)C)cc3)NC(=O)c3ccccc3)cc2)cc1. The normalized spacial score (nSPS) is 11.4. The molecule has 0 heterocycles. The Kier molecular flexibility index (Phi) is 10.2. The molecule has 6 heteroatoms. The van der Waals surface area contributed by atoms with E-state index in [-0.39, 0.29) is 11.5 Å². The lowest BCUT2D eigenvalue weighted by Gasteiger charge is -2.12. The van der Waals surface area contributed by atoms with Crippen LogP contribution >= 0.6 is 0 Å². The second-order valence-corrected chi connectivity index (χ2v) is 9.93. The number of ketones is 1. The summed E-state index contributed by atoms with van der Waals surface area (Å²) >= 11 is 0. The summed E-state index contributed by atoms with van der Waals surface area (Å²) in [5.74, 6) is 0.112. The number of carbonyl (C=O) groups is 3. The second-order valence-electron chi connectivity index (χ2n) is 9.93. The fourth-order valence-corrected chi connectivity index (χ4v) is 4.11. The lowest BCUT2D eigenvalue weighted by molar-refractivity contribution is -0.113. The smallest absolute Gasteiger partial charge is 0.272 e. The minimum Gasteiger partial charge on any atom is -0.494 e.